The van der Waals surface area contributed by atoms with Gasteiger partial charge in [0.25, 0.3) is 0 Å². The summed E-state index contributed by atoms with van der Waals surface area (Å²) < 4.78 is 0. The van der Waals surface area contributed by atoms with Gasteiger partial charge in [-0.2, -0.15) is 0 Å². The first kappa shape index (κ1) is 12.6. The van der Waals surface area contributed by atoms with Crippen molar-refractivity contribution < 1.29 is 0 Å². The maximum atomic E-state index is 4.46. The summed E-state index contributed by atoms with van der Waals surface area (Å²) in [5.74, 6) is 0.849. The quantitative estimate of drug-likeness (QED) is 0.522. The Balaban J connectivity index is 2.18. The van der Waals surface area contributed by atoms with E-state index in [1.165, 1.54) is 37.7 Å². The van der Waals surface area contributed by atoms with Crippen molar-refractivity contribution in [2.75, 3.05) is 0 Å². The Kier molecular flexibility index (Phi) is 5.85. The lowest BCUT2D eigenvalue weighted by Crippen LogP contribution is -1.90. The summed E-state index contributed by atoms with van der Waals surface area (Å²) in [6.07, 6.45) is 6.55. The van der Waals surface area contributed by atoms with Gasteiger partial charge >= 0.3 is 0 Å². The molecule has 0 saturated carbocycles. The van der Waals surface area contributed by atoms with Crippen LogP contribution in [-0.4, -0.2) is 0 Å². The molecular weight excluding hydrogens is 200 g/mol. The third-order valence-electron chi connectivity index (χ3n) is 2.72. The Bertz CT molecular complexity index is 278. The van der Waals surface area contributed by atoms with Crippen LogP contribution in [0.15, 0.2) is 29.2 Å². The SMILES string of the molecule is CC(C)CCCCCc1ccccc1S. The molecule has 0 fully saturated rings. The molecule has 0 aliphatic heterocycles. The van der Waals surface area contributed by atoms with Gasteiger partial charge in [0.15, 0.2) is 0 Å². The van der Waals surface area contributed by atoms with Gasteiger partial charge < -0.3 is 0 Å². The highest BCUT2D eigenvalue weighted by Crippen LogP contribution is 2.16. The maximum absolute atomic E-state index is 4.46. The topological polar surface area (TPSA) is 0 Å². The minimum Gasteiger partial charge on any atom is -0.143 e. The molecule has 84 valence electrons. The van der Waals surface area contributed by atoms with Crippen molar-refractivity contribution in [2.45, 2.75) is 50.8 Å². The van der Waals surface area contributed by atoms with Crippen LogP contribution in [0, 0.1) is 5.92 Å². The third kappa shape index (κ3) is 5.27. The molecular formula is C14H22S. The molecule has 0 aromatic heterocycles. The maximum Gasteiger partial charge on any atom is 0.00720 e. The van der Waals surface area contributed by atoms with Crippen LogP contribution in [0.25, 0.3) is 0 Å². The van der Waals surface area contributed by atoms with E-state index in [1.807, 2.05) is 6.07 Å². The Morgan fingerprint density at radius 1 is 1.07 bits per heavy atom. The Hall–Kier alpha value is -0.430. The van der Waals surface area contributed by atoms with Gasteiger partial charge in [0, 0.05) is 4.90 Å². The zero-order valence-corrected chi connectivity index (χ0v) is 10.8. The lowest BCUT2D eigenvalue weighted by molar-refractivity contribution is 0.526. The second kappa shape index (κ2) is 6.95. The van der Waals surface area contributed by atoms with Crippen molar-refractivity contribution in [2.24, 2.45) is 5.92 Å². The van der Waals surface area contributed by atoms with E-state index >= 15 is 0 Å². The van der Waals surface area contributed by atoms with Crippen LogP contribution in [-0.2, 0) is 6.42 Å². The van der Waals surface area contributed by atoms with E-state index in [1.54, 1.807) is 0 Å². The molecule has 15 heavy (non-hydrogen) atoms. The second-order valence-electron chi connectivity index (χ2n) is 4.62. The Labute approximate surface area is 99.5 Å². The van der Waals surface area contributed by atoms with Gasteiger partial charge in [-0.15, -0.1) is 12.6 Å². The van der Waals surface area contributed by atoms with E-state index in [0.717, 1.165) is 10.8 Å². The van der Waals surface area contributed by atoms with E-state index < -0.39 is 0 Å². The van der Waals surface area contributed by atoms with Crippen LogP contribution in [0.3, 0.4) is 0 Å². The predicted octanol–water partition coefficient (Wildman–Crippen LogP) is 4.73. The largest absolute Gasteiger partial charge is 0.143 e. The van der Waals surface area contributed by atoms with Crippen LogP contribution in [0.1, 0.15) is 45.1 Å². The summed E-state index contributed by atoms with van der Waals surface area (Å²) in [7, 11) is 0. The van der Waals surface area contributed by atoms with Gasteiger partial charge in [-0.05, 0) is 30.4 Å². The van der Waals surface area contributed by atoms with E-state index in [2.05, 4.69) is 44.7 Å². The number of benzene rings is 1. The average Bonchev–Trinajstić information content (AvgIpc) is 2.20. The summed E-state index contributed by atoms with van der Waals surface area (Å²) >= 11 is 4.46. The van der Waals surface area contributed by atoms with Crippen LogP contribution >= 0.6 is 12.6 Å². The second-order valence-corrected chi connectivity index (χ2v) is 5.10. The number of rotatable bonds is 6. The fraction of sp³-hybridized carbons (Fsp3) is 0.571. The van der Waals surface area contributed by atoms with Crippen LogP contribution in [0.5, 0.6) is 0 Å². The fourth-order valence-electron chi connectivity index (χ4n) is 1.77. The highest BCUT2D eigenvalue weighted by Gasteiger charge is 1.98. The van der Waals surface area contributed by atoms with Crippen molar-refractivity contribution in [1.29, 1.82) is 0 Å². The first-order valence-corrected chi connectivity index (χ1v) is 6.41. The van der Waals surface area contributed by atoms with Crippen molar-refractivity contribution in [3.8, 4) is 0 Å². The van der Waals surface area contributed by atoms with Crippen LogP contribution < -0.4 is 0 Å². The van der Waals surface area contributed by atoms with E-state index in [9.17, 15) is 0 Å². The van der Waals surface area contributed by atoms with E-state index in [4.69, 9.17) is 0 Å². The first-order chi connectivity index (χ1) is 7.20. The predicted molar refractivity (Wildman–Crippen MR) is 70.7 cm³/mol. The minimum atomic E-state index is 0.849. The monoisotopic (exact) mass is 222 g/mol. The summed E-state index contributed by atoms with van der Waals surface area (Å²) in [4.78, 5) is 1.14. The summed E-state index contributed by atoms with van der Waals surface area (Å²) in [6.45, 7) is 4.59. The Morgan fingerprint density at radius 3 is 2.47 bits per heavy atom. The van der Waals surface area contributed by atoms with Gasteiger partial charge in [-0.25, -0.2) is 0 Å². The van der Waals surface area contributed by atoms with E-state index in [-0.39, 0.29) is 0 Å². The molecule has 0 bridgehead atoms. The molecule has 0 amide bonds. The van der Waals surface area contributed by atoms with Gasteiger partial charge in [-0.3, -0.25) is 0 Å². The zero-order valence-electron chi connectivity index (χ0n) is 9.87. The highest BCUT2D eigenvalue weighted by molar-refractivity contribution is 7.80. The lowest BCUT2D eigenvalue weighted by atomic mass is 10.0. The molecule has 0 saturated heterocycles. The van der Waals surface area contributed by atoms with Crippen molar-refractivity contribution in [1.82, 2.24) is 0 Å². The smallest absolute Gasteiger partial charge is 0.00720 e. The highest BCUT2D eigenvalue weighted by atomic mass is 32.1. The number of thiol groups is 1. The van der Waals surface area contributed by atoms with E-state index in [0.29, 0.717) is 0 Å². The number of unbranched alkanes of at least 4 members (excludes halogenated alkanes) is 2. The van der Waals surface area contributed by atoms with Gasteiger partial charge in [0.2, 0.25) is 0 Å². The van der Waals surface area contributed by atoms with Gasteiger partial charge in [0.1, 0.15) is 0 Å². The normalized spacial score (nSPS) is 10.9. The summed E-state index contributed by atoms with van der Waals surface area (Å²) in [6, 6.07) is 8.41. The molecule has 0 radical (unpaired) electrons. The average molecular weight is 222 g/mol. The third-order valence-corrected chi connectivity index (χ3v) is 3.16. The molecule has 1 aromatic carbocycles. The molecule has 0 aliphatic carbocycles. The molecule has 1 aromatic rings. The van der Waals surface area contributed by atoms with Crippen molar-refractivity contribution >= 4 is 12.6 Å². The van der Waals surface area contributed by atoms with Crippen LogP contribution in [0.4, 0.5) is 0 Å². The lowest BCUT2D eigenvalue weighted by Gasteiger charge is -2.06. The minimum absolute atomic E-state index is 0.849. The standard InChI is InChI=1S/C14H22S/c1-12(2)8-4-3-5-9-13-10-6-7-11-14(13)15/h6-7,10-12,15H,3-5,8-9H2,1-2H3. The van der Waals surface area contributed by atoms with Crippen molar-refractivity contribution in [3.63, 3.8) is 0 Å². The summed E-state index contributed by atoms with van der Waals surface area (Å²) in [5, 5.41) is 0. The van der Waals surface area contributed by atoms with Gasteiger partial charge in [0.05, 0.1) is 0 Å². The number of aryl methyl sites for hydroxylation is 1. The first-order valence-electron chi connectivity index (χ1n) is 5.97. The molecule has 0 spiro atoms. The molecule has 0 unspecified atom stereocenters. The zero-order chi connectivity index (χ0) is 11.1. The van der Waals surface area contributed by atoms with Crippen LogP contribution in [0.2, 0.25) is 0 Å². The Morgan fingerprint density at radius 2 is 1.80 bits per heavy atom. The molecule has 1 heteroatoms. The molecule has 1 rings (SSSR count). The van der Waals surface area contributed by atoms with Gasteiger partial charge in [-0.1, -0.05) is 51.3 Å². The molecule has 0 atom stereocenters. The number of hydrogen-bond donors (Lipinski definition) is 1. The fourth-order valence-corrected chi connectivity index (χ4v) is 2.04. The molecule has 0 heterocycles. The number of hydrogen-bond acceptors (Lipinski definition) is 1. The van der Waals surface area contributed by atoms with Crippen molar-refractivity contribution in [3.05, 3.63) is 29.8 Å². The molecule has 0 nitrogen and oxygen atoms in total. The summed E-state index contributed by atoms with van der Waals surface area (Å²) in [5.41, 5.74) is 1.39. The molecule has 0 N–H and O–H groups in total. The molecule has 0 aliphatic rings.